The maximum Gasteiger partial charge on any atom is 0.178 e. The van der Waals surface area contributed by atoms with Gasteiger partial charge in [0.25, 0.3) is 0 Å². The van der Waals surface area contributed by atoms with Crippen LogP contribution in [-0.4, -0.2) is 33.4 Å². The van der Waals surface area contributed by atoms with Crippen LogP contribution in [-0.2, 0) is 0 Å². The Hall–Kier alpha value is -2.57. The van der Waals surface area contributed by atoms with Crippen molar-refractivity contribution in [1.29, 1.82) is 0 Å². The first-order valence-corrected chi connectivity index (χ1v) is 8.85. The number of nitrogens with one attached hydrogen (secondary N) is 1. The minimum Gasteiger partial charge on any atom is -0.493 e. The fraction of sp³-hybridized carbons (Fsp3) is 0.350. The molecule has 0 amide bonds. The van der Waals surface area contributed by atoms with E-state index in [1.807, 2.05) is 18.2 Å². The Morgan fingerprint density at radius 2 is 1.88 bits per heavy atom. The lowest BCUT2D eigenvalue weighted by Crippen LogP contribution is -2.11. The number of aliphatic hydroxyl groups is 2. The van der Waals surface area contributed by atoms with E-state index in [0.29, 0.717) is 17.1 Å². The van der Waals surface area contributed by atoms with Crippen LogP contribution in [0.1, 0.15) is 37.5 Å². The molecule has 0 unspecified atom stereocenters. The Labute approximate surface area is 151 Å². The Morgan fingerprint density at radius 3 is 2.62 bits per heavy atom. The molecule has 3 aromatic rings. The number of hydrogen-bond donors (Lipinski definition) is 3. The summed E-state index contributed by atoms with van der Waals surface area (Å²) in [6, 6.07) is 10.9. The Kier molecular flexibility index (Phi) is 4.53. The average Bonchev–Trinajstić information content (AvgIpc) is 3.30. The molecule has 4 rings (SSSR count). The number of aromatic nitrogens is 2. The molecule has 136 valence electrons. The molecule has 1 saturated carbocycles. The Morgan fingerprint density at radius 1 is 1.08 bits per heavy atom. The van der Waals surface area contributed by atoms with Gasteiger partial charge in [-0.25, -0.2) is 4.98 Å². The second kappa shape index (κ2) is 6.97. The van der Waals surface area contributed by atoms with E-state index in [1.54, 1.807) is 25.3 Å². The quantitative estimate of drug-likeness (QED) is 0.610. The van der Waals surface area contributed by atoms with Gasteiger partial charge in [0.2, 0.25) is 0 Å². The van der Waals surface area contributed by atoms with Gasteiger partial charge in [-0.2, -0.15) is 0 Å². The largest absolute Gasteiger partial charge is 0.493 e. The van der Waals surface area contributed by atoms with E-state index in [-0.39, 0.29) is 6.10 Å². The van der Waals surface area contributed by atoms with Crippen LogP contribution in [0.15, 0.2) is 36.4 Å². The highest BCUT2D eigenvalue weighted by Crippen LogP contribution is 2.35. The van der Waals surface area contributed by atoms with Gasteiger partial charge in [0.05, 0.1) is 24.2 Å². The number of aliphatic hydroxyl groups excluding tert-OH is 1. The minimum absolute atomic E-state index is 0.239. The van der Waals surface area contributed by atoms with Crippen LogP contribution in [0.2, 0.25) is 0 Å². The van der Waals surface area contributed by atoms with E-state index in [9.17, 15) is 10.2 Å². The van der Waals surface area contributed by atoms with E-state index in [2.05, 4.69) is 9.97 Å². The molecule has 2 aromatic carbocycles. The number of rotatable bonds is 5. The highest BCUT2D eigenvalue weighted by molar-refractivity contribution is 5.80. The van der Waals surface area contributed by atoms with Crippen molar-refractivity contribution in [2.24, 2.45) is 0 Å². The zero-order chi connectivity index (χ0) is 18.1. The van der Waals surface area contributed by atoms with Gasteiger partial charge < -0.3 is 24.7 Å². The fourth-order valence-electron chi connectivity index (χ4n) is 3.43. The van der Waals surface area contributed by atoms with Crippen LogP contribution in [0, 0.1) is 0 Å². The number of hydrogen-bond acceptors (Lipinski definition) is 5. The molecule has 0 radical (unpaired) electrons. The third-order valence-corrected chi connectivity index (χ3v) is 4.84. The summed E-state index contributed by atoms with van der Waals surface area (Å²) in [4.78, 5) is 7.83. The average molecular weight is 354 g/mol. The third kappa shape index (κ3) is 3.25. The van der Waals surface area contributed by atoms with Crippen molar-refractivity contribution in [2.75, 3.05) is 7.11 Å². The third-order valence-electron chi connectivity index (χ3n) is 4.84. The number of nitrogens with zero attached hydrogens (tertiary/aromatic N) is 1. The summed E-state index contributed by atoms with van der Waals surface area (Å²) in [5.74, 6) is 2.13. The summed E-state index contributed by atoms with van der Waals surface area (Å²) >= 11 is 0. The van der Waals surface area contributed by atoms with Gasteiger partial charge in [0, 0.05) is 11.1 Å². The van der Waals surface area contributed by atoms with Crippen molar-refractivity contribution in [3.05, 3.63) is 42.0 Å². The topological polar surface area (TPSA) is 87.6 Å². The number of fused-ring (bicyclic) bond motifs is 1. The van der Waals surface area contributed by atoms with Crippen LogP contribution >= 0.6 is 0 Å². The maximum atomic E-state index is 9.33. The molecule has 1 aliphatic rings. The summed E-state index contributed by atoms with van der Waals surface area (Å²) in [6.07, 6.45) is 3.29. The lowest BCUT2D eigenvalue weighted by Gasteiger charge is -2.16. The second-order valence-electron chi connectivity index (χ2n) is 6.63. The summed E-state index contributed by atoms with van der Waals surface area (Å²) in [5, 5.41) is 18.7. The van der Waals surface area contributed by atoms with Gasteiger partial charge in [-0.05, 0) is 56.0 Å². The molecular formula is C20H22N2O4. The lowest BCUT2D eigenvalue weighted by molar-refractivity contribution is -0.0423. The predicted octanol–water partition coefficient (Wildman–Crippen LogP) is 3.54. The van der Waals surface area contributed by atoms with Crippen LogP contribution in [0.5, 0.6) is 11.5 Å². The van der Waals surface area contributed by atoms with Crippen molar-refractivity contribution >= 4 is 11.0 Å². The number of aromatic amines is 1. The molecule has 1 fully saturated rings. The first kappa shape index (κ1) is 16.9. The molecule has 0 spiro atoms. The zero-order valence-electron chi connectivity index (χ0n) is 14.6. The molecule has 0 aliphatic heterocycles. The first-order valence-electron chi connectivity index (χ1n) is 8.85. The molecule has 6 nitrogen and oxygen atoms in total. The van der Waals surface area contributed by atoms with Crippen molar-refractivity contribution in [1.82, 2.24) is 9.97 Å². The molecule has 0 saturated heterocycles. The maximum absolute atomic E-state index is 9.33. The molecular weight excluding hydrogens is 332 g/mol. The van der Waals surface area contributed by atoms with Gasteiger partial charge in [0.1, 0.15) is 5.82 Å². The molecule has 1 heterocycles. The summed E-state index contributed by atoms with van der Waals surface area (Å²) in [6.45, 7) is 0. The van der Waals surface area contributed by atoms with Gasteiger partial charge in [-0.3, -0.25) is 0 Å². The monoisotopic (exact) mass is 354 g/mol. The molecule has 6 heteroatoms. The van der Waals surface area contributed by atoms with E-state index in [1.165, 1.54) is 12.8 Å². The van der Waals surface area contributed by atoms with Crippen molar-refractivity contribution in [3.63, 3.8) is 0 Å². The fourth-order valence-corrected chi connectivity index (χ4v) is 3.43. The molecule has 0 atom stereocenters. The van der Waals surface area contributed by atoms with Crippen LogP contribution in [0.25, 0.3) is 22.4 Å². The standard InChI is InChI=1S/C20H22N2O4/c1-25-17-9-7-12(11-18(17)26-14-4-2-3-5-14)19-21-15-8-6-13(20(23)24)10-16(15)22-19/h6-11,14,20,23-24H,2-5H2,1H3,(H,21,22). The van der Waals surface area contributed by atoms with E-state index >= 15 is 0 Å². The summed E-state index contributed by atoms with van der Waals surface area (Å²) < 4.78 is 11.6. The smallest absolute Gasteiger partial charge is 0.178 e. The Bertz CT molecular complexity index is 913. The van der Waals surface area contributed by atoms with Gasteiger partial charge in [0.15, 0.2) is 17.8 Å². The highest BCUT2D eigenvalue weighted by atomic mass is 16.5. The second-order valence-corrected chi connectivity index (χ2v) is 6.63. The zero-order valence-corrected chi connectivity index (χ0v) is 14.6. The normalized spacial score (nSPS) is 15.1. The molecule has 1 aliphatic carbocycles. The van der Waals surface area contributed by atoms with Crippen LogP contribution in [0.4, 0.5) is 0 Å². The lowest BCUT2D eigenvalue weighted by atomic mass is 10.2. The van der Waals surface area contributed by atoms with E-state index in [0.717, 1.165) is 35.2 Å². The first-order chi connectivity index (χ1) is 12.6. The molecule has 0 bridgehead atoms. The number of H-pyrrole nitrogens is 1. The summed E-state index contributed by atoms with van der Waals surface area (Å²) in [7, 11) is 1.64. The molecule has 26 heavy (non-hydrogen) atoms. The van der Waals surface area contributed by atoms with Crippen molar-refractivity contribution in [2.45, 2.75) is 38.1 Å². The van der Waals surface area contributed by atoms with E-state index in [4.69, 9.17) is 9.47 Å². The number of methoxy groups -OCH3 is 1. The van der Waals surface area contributed by atoms with Gasteiger partial charge in [-0.1, -0.05) is 6.07 Å². The summed E-state index contributed by atoms with van der Waals surface area (Å²) in [5.41, 5.74) is 2.83. The van der Waals surface area contributed by atoms with Crippen molar-refractivity contribution < 1.29 is 19.7 Å². The van der Waals surface area contributed by atoms with Crippen LogP contribution in [0.3, 0.4) is 0 Å². The molecule has 3 N–H and O–H groups in total. The minimum atomic E-state index is -1.50. The number of ether oxygens (including phenoxy) is 2. The van der Waals surface area contributed by atoms with Gasteiger partial charge in [-0.15, -0.1) is 0 Å². The molecule has 1 aromatic heterocycles. The predicted molar refractivity (Wildman–Crippen MR) is 98.1 cm³/mol. The van der Waals surface area contributed by atoms with Crippen molar-refractivity contribution in [3.8, 4) is 22.9 Å². The number of imidazole rings is 1. The Balaban J connectivity index is 1.69. The van der Waals surface area contributed by atoms with Gasteiger partial charge >= 0.3 is 0 Å². The van der Waals surface area contributed by atoms with E-state index < -0.39 is 6.29 Å². The van der Waals surface area contributed by atoms with Crippen LogP contribution < -0.4 is 9.47 Å². The SMILES string of the molecule is COc1ccc(-c2nc3ccc(C(O)O)cc3[nH]2)cc1OC1CCCC1. The highest BCUT2D eigenvalue weighted by Gasteiger charge is 2.19. The number of benzene rings is 2.